The van der Waals surface area contributed by atoms with Crippen LogP contribution in [0.5, 0.6) is 0 Å². The molecule has 128 valence electrons. The van der Waals surface area contributed by atoms with Crippen LogP contribution in [0.3, 0.4) is 0 Å². The number of carbonyl (C=O) groups excluding carboxylic acids is 2. The highest BCUT2D eigenvalue weighted by Crippen LogP contribution is 2.22. The predicted molar refractivity (Wildman–Crippen MR) is 95.7 cm³/mol. The van der Waals surface area contributed by atoms with Crippen LogP contribution in [0, 0.1) is 0 Å². The van der Waals surface area contributed by atoms with Crippen LogP contribution >= 0.6 is 23.4 Å². The highest BCUT2D eigenvalue weighted by Gasteiger charge is 2.11. The fourth-order valence-electron chi connectivity index (χ4n) is 1.93. The first kappa shape index (κ1) is 18.4. The molecule has 1 aromatic heterocycles. The number of hydrogen-bond donors (Lipinski definition) is 2. The zero-order valence-electron chi connectivity index (χ0n) is 13.3. The van der Waals surface area contributed by atoms with Crippen LogP contribution in [0.25, 0.3) is 5.69 Å². The minimum atomic E-state index is -0.466. The van der Waals surface area contributed by atoms with Crippen molar-refractivity contribution in [3.63, 3.8) is 0 Å². The average Bonchev–Trinajstić information content (AvgIpc) is 3.01. The smallest absolute Gasteiger partial charge is 0.321 e. The molecule has 0 bridgehead atoms. The van der Waals surface area contributed by atoms with E-state index >= 15 is 0 Å². The number of rotatable bonds is 7. The topological polar surface area (TPSA) is 76.0 Å². The molecule has 2 aromatic rings. The fraction of sp³-hybridized carbons (Fsp3) is 0.312. The van der Waals surface area contributed by atoms with Gasteiger partial charge in [0, 0.05) is 29.6 Å². The lowest BCUT2D eigenvalue weighted by Crippen LogP contribution is -2.40. The Hall–Kier alpha value is -1.99. The summed E-state index contributed by atoms with van der Waals surface area (Å²) < 4.78 is 1.84. The number of carbonyl (C=O) groups is 2. The SMILES string of the molecule is CCCCNC(=O)NC(=O)CSc1nccn1-c1cccc(Cl)c1. The van der Waals surface area contributed by atoms with E-state index in [-0.39, 0.29) is 11.7 Å². The first-order valence-electron chi connectivity index (χ1n) is 7.60. The molecule has 1 heterocycles. The van der Waals surface area contributed by atoms with E-state index in [4.69, 9.17) is 11.6 Å². The van der Waals surface area contributed by atoms with Crippen molar-refractivity contribution >= 4 is 35.3 Å². The van der Waals surface area contributed by atoms with Gasteiger partial charge in [-0.2, -0.15) is 0 Å². The summed E-state index contributed by atoms with van der Waals surface area (Å²) in [7, 11) is 0. The molecular weight excluding hydrogens is 348 g/mol. The Morgan fingerprint density at radius 1 is 1.38 bits per heavy atom. The Balaban J connectivity index is 1.88. The highest BCUT2D eigenvalue weighted by atomic mass is 35.5. The molecule has 0 aliphatic rings. The normalized spacial score (nSPS) is 10.4. The Kier molecular flexibility index (Phi) is 7.14. The molecule has 8 heteroatoms. The van der Waals surface area contributed by atoms with E-state index < -0.39 is 6.03 Å². The predicted octanol–water partition coefficient (Wildman–Crippen LogP) is 3.24. The summed E-state index contributed by atoms with van der Waals surface area (Å²) >= 11 is 7.25. The van der Waals surface area contributed by atoms with Crippen molar-refractivity contribution in [2.45, 2.75) is 24.9 Å². The lowest BCUT2D eigenvalue weighted by molar-refractivity contribution is -0.117. The van der Waals surface area contributed by atoms with Gasteiger partial charge in [-0.05, 0) is 24.6 Å². The first-order valence-corrected chi connectivity index (χ1v) is 8.96. The van der Waals surface area contributed by atoms with Gasteiger partial charge in [0.2, 0.25) is 5.91 Å². The van der Waals surface area contributed by atoms with Gasteiger partial charge in [0.25, 0.3) is 0 Å². The van der Waals surface area contributed by atoms with E-state index in [0.29, 0.717) is 16.7 Å². The molecule has 0 radical (unpaired) electrons. The van der Waals surface area contributed by atoms with E-state index in [0.717, 1.165) is 18.5 Å². The molecule has 2 rings (SSSR count). The summed E-state index contributed by atoms with van der Waals surface area (Å²) in [6.07, 6.45) is 5.31. The fourth-order valence-corrected chi connectivity index (χ4v) is 2.89. The van der Waals surface area contributed by atoms with Gasteiger partial charge in [-0.3, -0.25) is 14.7 Å². The number of imide groups is 1. The Labute approximate surface area is 150 Å². The maximum absolute atomic E-state index is 11.8. The number of halogens is 1. The molecule has 0 saturated heterocycles. The van der Waals surface area contributed by atoms with E-state index in [9.17, 15) is 9.59 Å². The number of benzene rings is 1. The summed E-state index contributed by atoms with van der Waals surface area (Å²) in [6, 6.07) is 6.89. The minimum absolute atomic E-state index is 0.0960. The molecule has 0 fully saturated rings. The number of nitrogens with one attached hydrogen (secondary N) is 2. The van der Waals surface area contributed by atoms with E-state index in [1.807, 2.05) is 29.7 Å². The van der Waals surface area contributed by atoms with Crippen LogP contribution in [-0.4, -0.2) is 33.8 Å². The number of amides is 3. The molecule has 0 aliphatic heterocycles. The summed E-state index contributed by atoms with van der Waals surface area (Å²) in [5.41, 5.74) is 0.861. The summed E-state index contributed by atoms with van der Waals surface area (Å²) in [5.74, 6) is -0.270. The number of hydrogen-bond acceptors (Lipinski definition) is 4. The average molecular weight is 367 g/mol. The molecular formula is C16H19ClN4O2S. The third-order valence-electron chi connectivity index (χ3n) is 3.09. The first-order chi connectivity index (χ1) is 11.6. The molecule has 2 N–H and O–H groups in total. The second kappa shape index (κ2) is 9.34. The Morgan fingerprint density at radius 3 is 2.96 bits per heavy atom. The maximum atomic E-state index is 11.8. The second-order valence-electron chi connectivity index (χ2n) is 5.01. The van der Waals surface area contributed by atoms with Crippen LogP contribution in [0.2, 0.25) is 5.02 Å². The number of imidazole rings is 1. The number of unbranched alkanes of at least 4 members (excludes halogenated alkanes) is 1. The summed E-state index contributed by atoms with van der Waals surface area (Å²) in [5, 5.41) is 6.21. The number of urea groups is 1. The van der Waals surface area contributed by atoms with Crippen molar-refractivity contribution < 1.29 is 9.59 Å². The van der Waals surface area contributed by atoms with E-state index in [2.05, 4.69) is 15.6 Å². The second-order valence-corrected chi connectivity index (χ2v) is 6.38. The van der Waals surface area contributed by atoms with Gasteiger partial charge in [0.15, 0.2) is 5.16 Å². The molecule has 0 unspecified atom stereocenters. The monoisotopic (exact) mass is 366 g/mol. The number of aromatic nitrogens is 2. The van der Waals surface area contributed by atoms with Gasteiger partial charge in [-0.15, -0.1) is 0 Å². The Bertz CT molecular complexity index is 705. The molecule has 0 atom stereocenters. The molecule has 0 spiro atoms. The highest BCUT2D eigenvalue weighted by molar-refractivity contribution is 7.99. The van der Waals surface area contributed by atoms with Crippen molar-refractivity contribution in [3.8, 4) is 5.69 Å². The van der Waals surface area contributed by atoms with E-state index in [1.54, 1.807) is 18.5 Å². The van der Waals surface area contributed by atoms with Crippen molar-refractivity contribution in [3.05, 3.63) is 41.7 Å². The van der Waals surface area contributed by atoms with Crippen LogP contribution in [0.1, 0.15) is 19.8 Å². The molecule has 1 aromatic carbocycles. The van der Waals surface area contributed by atoms with Crippen LogP contribution in [0.15, 0.2) is 41.8 Å². The lowest BCUT2D eigenvalue weighted by Gasteiger charge is -2.08. The molecule has 3 amide bonds. The summed E-state index contributed by atoms with van der Waals surface area (Å²) in [4.78, 5) is 27.6. The van der Waals surface area contributed by atoms with Gasteiger partial charge in [-0.1, -0.05) is 42.8 Å². The van der Waals surface area contributed by atoms with Crippen LogP contribution in [0.4, 0.5) is 4.79 Å². The van der Waals surface area contributed by atoms with Gasteiger partial charge < -0.3 is 5.32 Å². The Morgan fingerprint density at radius 2 is 2.21 bits per heavy atom. The van der Waals surface area contributed by atoms with Crippen molar-refractivity contribution in [2.24, 2.45) is 0 Å². The molecule has 24 heavy (non-hydrogen) atoms. The van der Waals surface area contributed by atoms with Crippen molar-refractivity contribution in [1.29, 1.82) is 0 Å². The van der Waals surface area contributed by atoms with Crippen LogP contribution < -0.4 is 10.6 Å². The molecule has 0 aliphatic carbocycles. The van der Waals surface area contributed by atoms with Gasteiger partial charge in [0.1, 0.15) is 0 Å². The van der Waals surface area contributed by atoms with Crippen molar-refractivity contribution in [2.75, 3.05) is 12.3 Å². The zero-order valence-corrected chi connectivity index (χ0v) is 14.9. The molecule has 0 saturated carbocycles. The number of thioether (sulfide) groups is 1. The third-order valence-corrected chi connectivity index (χ3v) is 4.30. The third kappa shape index (κ3) is 5.58. The standard InChI is InChI=1S/C16H19ClN4O2S/c1-2-3-7-18-15(23)20-14(22)11-24-16-19-8-9-21(16)13-6-4-5-12(17)10-13/h4-6,8-10H,2-3,7,11H2,1H3,(H2,18,20,22,23). The van der Waals surface area contributed by atoms with Gasteiger partial charge in [-0.25, -0.2) is 9.78 Å². The zero-order chi connectivity index (χ0) is 17.4. The lowest BCUT2D eigenvalue weighted by atomic mass is 10.3. The maximum Gasteiger partial charge on any atom is 0.321 e. The summed E-state index contributed by atoms with van der Waals surface area (Å²) in [6.45, 7) is 2.59. The quantitative estimate of drug-likeness (QED) is 0.582. The van der Waals surface area contributed by atoms with E-state index in [1.165, 1.54) is 11.8 Å². The molecule has 6 nitrogen and oxygen atoms in total. The number of nitrogens with zero attached hydrogens (tertiary/aromatic N) is 2. The largest absolute Gasteiger partial charge is 0.338 e. The van der Waals surface area contributed by atoms with Gasteiger partial charge in [0.05, 0.1) is 5.75 Å². The minimum Gasteiger partial charge on any atom is -0.338 e. The van der Waals surface area contributed by atoms with Crippen LogP contribution in [-0.2, 0) is 4.79 Å². The van der Waals surface area contributed by atoms with Crippen molar-refractivity contribution in [1.82, 2.24) is 20.2 Å². The van der Waals surface area contributed by atoms with Gasteiger partial charge >= 0.3 is 6.03 Å².